The van der Waals surface area contributed by atoms with Crippen LogP contribution in [0.1, 0.15) is 53.5 Å². The van der Waals surface area contributed by atoms with Crippen LogP contribution in [0.15, 0.2) is 48.3 Å². The molecule has 0 unspecified atom stereocenters. The van der Waals surface area contributed by atoms with Gasteiger partial charge >= 0.3 is 0 Å². The molecule has 146 valence electrons. The standard InChI is InChI=1S/C23H24O4S/c1-7-23(5,6)18-12-8-10-15(25)20(27)17(12)21(28-22(2,3)4)13-9-11-14(24)19(26)16(13)18/h8-11H,7H2,1-6H3. The normalized spacial score (nSPS) is 12.8. The Balaban J connectivity index is 2.79. The quantitative estimate of drug-likeness (QED) is 0.382. The van der Waals surface area contributed by atoms with Gasteiger partial charge in [0, 0.05) is 25.8 Å². The molecule has 0 bridgehead atoms. The fourth-order valence-electron chi connectivity index (χ4n) is 3.56. The summed E-state index contributed by atoms with van der Waals surface area (Å²) in [6.07, 6.45) is 0.707. The van der Waals surface area contributed by atoms with E-state index in [0.29, 0.717) is 38.4 Å². The molecule has 0 aliphatic rings. The molecule has 0 N–H and O–H groups in total. The maximum Gasteiger partial charge on any atom is 0.234 e. The van der Waals surface area contributed by atoms with Crippen LogP contribution in [0.5, 0.6) is 0 Å². The van der Waals surface area contributed by atoms with Gasteiger partial charge < -0.3 is 0 Å². The summed E-state index contributed by atoms with van der Waals surface area (Å²) in [5.41, 5.74) is -2.01. The number of thioether (sulfide) groups is 1. The van der Waals surface area contributed by atoms with Crippen molar-refractivity contribution in [1.82, 2.24) is 0 Å². The van der Waals surface area contributed by atoms with Crippen molar-refractivity contribution in [2.24, 2.45) is 0 Å². The number of benzene rings is 3. The van der Waals surface area contributed by atoms with Crippen molar-refractivity contribution in [3.05, 3.63) is 70.7 Å². The third-order valence-electron chi connectivity index (χ3n) is 5.20. The molecule has 3 rings (SSSR count). The second-order valence-electron chi connectivity index (χ2n) is 8.79. The largest absolute Gasteiger partial charge is 0.286 e. The van der Waals surface area contributed by atoms with Crippen molar-refractivity contribution in [2.45, 2.75) is 63.0 Å². The van der Waals surface area contributed by atoms with Crippen molar-refractivity contribution in [1.29, 1.82) is 0 Å². The molecular formula is C23H24O4S. The summed E-state index contributed by atoms with van der Waals surface area (Å²) in [6, 6.07) is 5.79. The molecule has 0 saturated heterocycles. The Hall–Kier alpha value is -2.27. The van der Waals surface area contributed by atoms with Crippen molar-refractivity contribution < 1.29 is 0 Å². The average molecular weight is 397 g/mol. The van der Waals surface area contributed by atoms with Crippen LogP contribution in [0.4, 0.5) is 0 Å². The van der Waals surface area contributed by atoms with Gasteiger partial charge in [-0.3, -0.25) is 19.2 Å². The van der Waals surface area contributed by atoms with E-state index in [1.807, 2.05) is 41.5 Å². The van der Waals surface area contributed by atoms with Gasteiger partial charge in [0.05, 0.1) is 0 Å². The third-order valence-corrected chi connectivity index (χ3v) is 6.44. The molecule has 0 aliphatic carbocycles. The topological polar surface area (TPSA) is 68.3 Å². The Kier molecular flexibility index (Phi) is 4.87. The fourth-order valence-corrected chi connectivity index (χ4v) is 4.76. The predicted octanol–water partition coefficient (Wildman–Crippen LogP) is 3.89. The zero-order chi connectivity index (χ0) is 21.0. The summed E-state index contributed by atoms with van der Waals surface area (Å²) >= 11 is 1.44. The minimum atomic E-state index is -0.564. The van der Waals surface area contributed by atoms with Crippen LogP contribution >= 0.6 is 11.8 Å². The first-order chi connectivity index (χ1) is 12.9. The minimum Gasteiger partial charge on any atom is -0.286 e. The van der Waals surface area contributed by atoms with Crippen LogP contribution in [0, 0.1) is 0 Å². The molecule has 3 aromatic rings. The summed E-state index contributed by atoms with van der Waals surface area (Å²) in [5, 5.41) is 1.90. The summed E-state index contributed by atoms with van der Waals surface area (Å²) in [7, 11) is 0. The second kappa shape index (κ2) is 6.66. The fraction of sp³-hybridized carbons (Fsp3) is 0.391. The molecule has 5 heteroatoms. The number of fused-ring (bicyclic) bond motifs is 2. The lowest BCUT2D eigenvalue weighted by Gasteiger charge is -2.29. The molecule has 0 spiro atoms. The van der Waals surface area contributed by atoms with Gasteiger partial charge in [0.1, 0.15) is 0 Å². The van der Waals surface area contributed by atoms with Gasteiger partial charge in [0.2, 0.25) is 21.7 Å². The summed E-state index contributed by atoms with van der Waals surface area (Å²) < 4.78 is -0.258. The van der Waals surface area contributed by atoms with E-state index in [4.69, 9.17) is 0 Å². The van der Waals surface area contributed by atoms with Gasteiger partial charge in [-0.05, 0) is 47.1 Å². The Morgan fingerprint density at radius 3 is 1.75 bits per heavy atom. The second-order valence-corrected chi connectivity index (χ2v) is 10.6. The highest BCUT2D eigenvalue weighted by atomic mass is 32.2. The first kappa shape index (κ1) is 20.5. The molecule has 0 radical (unpaired) electrons. The highest BCUT2D eigenvalue weighted by Crippen LogP contribution is 2.44. The first-order valence-corrected chi connectivity index (χ1v) is 10.2. The van der Waals surface area contributed by atoms with E-state index >= 15 is 0 Å². The van der Waals surface area contributed by atoms with Gasteiger partial charge in [-0.1, -0.05) is 41.5 Å². The van der Waals surface area contributed by atoms with E-state index in [-0.39, 0.29) is 4.75 Å². The van der Waals surface area contributed by atoms with Gasteiger partial charge in [-0.25, -0.2) is 0 Å². The number of rotatable bonds is 3. The third kappa shape index (κ3) is 3.22. The average Bonchev–Trinajstić information content (AvgIpc) is 2.59. The number of hydrogen-bond donors (Lipinski definition) is 0. The Labute approximate surface area is 167 Å². The molecule has 0 amide bonds. The lowest BCUT2D eigenvalue weighted by Crippen LogP contribution is -2.30. The van der Waals surface area contributed by atoms with E-state index < -0.39 is 27.1 Å². The highest BCUT2D eigenvalue weighted by molar-refractivity contribution is 8.01. The summed E-state index contributed by atoms with van der Waals surface area (Å²) in [5.74, 6) is 0. The first-order valence-electron chi connectivity index (χ1n) is 9.36. The molecule has 0 saturated carbocycles. The van der Waals surface area contributed by atoms with Crippen molar-refractivity contribution >= 4 is 33.3 Å². The lowest BCUT2D eigenvalue weighted by atomic mass is 9.77. The van der Waals surface area contributed by atoms with Crippen molar-refractivity contribution in [3.8, 4) is 0 Å². The van der Waals surface area contributed by atoms with Crippen LogP contribution in [-0.2, 0) is 5.41 Å². The zero-order valence-electron chi connectivity index (χ0n) is 17.1. The Morgan fingerprint density at radius 2 is 1.25 bits per heavy atom. The summed E-state index contributed by atoms with van der Waals surface area (Å²) in [6.45, 7) is 12.0. The SMILES string of the molecule is CCC(C)(C)c1c2ccc(=O)c(=O)c2c(SC(C)(C)C)c2ccc(=O)c(=O)c12. The van der Waals surface area contributed by atoms with Gasteiger partial charge in [0.25, 0.3) is 0 Å². The van der Waals surface area contributed by atoms with Crippen molar-refractivity contribution in [3.63, 3.8) is 0 Å². The summed E-state index contributed by atoms with van der Waals surface area (Å²) in [4.78, 5) is 50.9. The van der Waals surface area contributed by atoms with Crippen LogP contribution < -0.4 is 21.7 Å². The lowest BCUT2D eigenvalue weighted by molar-refractivity contribution is 0.514. The van der Waals surface area contributed by atoms with Crippen LogP contribution in [0.3, 0.4) is 0 Å². The molecule has 0 heterocycles. The molecule has 3 aromatic carbocycles. The molecule has 0 aliphatic heterocycles. The monoisotopic (exact) mass is 396 g/mol. The maximum absolute atomic E-state index is 13.0. The molecule has 28 heavy (non-hydrogen) atoms. The van der Waals surface area contributed by atoms with E-state index in [1.54, 1.807) is 12.1 Å². The smallest absolute Gasteiger partial charge is 0.234 e. The van der Waals surface area contributed by atoms with Crippen LogP contribution in [-0.4, -0.2) is 4.75 Å². The van der Waals surface area contributed by atoms with Crippen LogP contribution in [0.25, 0.3) is 21.5 Å². The molecular weight excluding hydrogens is 372 g/mol. The highest BCUT2D eigenvalue weighted by Gasteiger charge is 2.30. The van der Waals surface area contributed by atoms with Gasteiger partial charge in [0.15, 0.2) is 0 Å². The van der Waals surface area contributed by atoms with Gasteiger partial charge in [-0.15, -0.1) is 11.8 Å². The number of hydrogen-bond acceptors (Lipinski definition) is 5. The van der Waals surface area contributed by atoms with Gasteiger partial charge in [-0.2, -0.15) is 0 Å². The molecule has 0 fully saturated rings. The molecule has 0 atom stereocenters. The van der Waals surface area contributed by atoms with E-state index in [2.05, 4.69) is 0 Å². The minimum absolute atomic E-state index is 0.258. The van der Waals surface area contributed by atoms with E-state index in [9.17, 15) is 19.2 Å². The maximum atomic E-state index is 13.0. The molecule has 0 aromatic heterocycles. The Morgan fingerprint density at radius 1 is 0.750 bits per heavy atom. The molecule has 4 nitrogen and oxygen atoms in total. The van der Waals surface area contributed by atoms with Crippen LogP contribution in [0.2, 0.25) is 0 Å². The van der Waals surface area contributed by atoms with E-state index in [0.717, 1.165) is 0 Å². The zero-order valence-corrected chi connectivity index (χ0v) is 17.9. The van der Waals surface area contributed by atoms with Crippen molar-refractivity contribution in [2.75, 3.05) is 0 Å². The van der Waals surface area contributed by atoms with E-state index in [1.165, 1.54) is 23.9 Å². The predicted molar refractivity (Wildman–Crippen MR) is 118 cm³/mol. The Bertz CT molecular complexity index is 1300.